The molecule has 6 rings (SSSR count). The van der Waals surface area contributed by atoms with Crippen molar-refractivity contribution in [3.63, 3.8) is 0 Å². The van der Waals surface area contributed by atoms with E-state index in [-0.39, 0.29) is 5.12 Å². The Morgan fingerprint density at radius 1 is 0.714 bits per heavy atom. The van der Waals surface area contributed by atoms with Crippen LogP contribution in [0, 0.1) is 0 Å². The van der Waals surface area contributed by atoms with Gasteiger partial charge in [-0.2, -0.15) is 0 Å². The molecular formula is C30H22N2OS2. The molecule has 1 aliphatic carbocycles. The summed E-state index contributed by atoms with van der Waals surface area (Å²) in [5, 5.41) is 0.0778. The van der Waals surface area contributed by atoms with E-state index in [1.165, 1.54) is 22.2 Å². The van der Waals surface area contributed by atoms with Crippen molar-refractivity contribution in [2.75, 3.05) is 6.26 Å². The van der Waals surface area contributed by atoms with Crippen molar-refractivity contribution in [3.05, 3.63) is 119 Å². The molecule has 0 amide bonds. The molecule has 0 N–H and O–H groups in total. The van der Waals surface area contributed by atoms with Gasteiger partial charge in [-0.05, 0) is 59.3 Å². The molecule has 0 bridgehead atoms. The summed E-state index contributed by atoms with van der Waals surface area (Å²) in [6.07, 6.45) is 2.09. The van der Waals surface area contributed by atoms with Crippen molar-refractivity contribution in [1.29, 1.82) is 0 Å². The minimum absolute atomic E-state index is 0.0778. The van der Waals surface area contributed by atoms with E-state index in [0.29, 0.717) is 0 Å². The molecule has 1 aliphatic rings. The number of para-hydroxylation sites is 2. The maximum atomic E-state index is 11.7. The van der Waals surface area contributed by atoms with Crippen LogP contribution >= 0.6 is 23.5 Å². The monoisotopic (exact) mass is 490 g/mol. The van der Waals surface area contributed by atoms with Crippen LogP contribution in [0.15, 0.2) is 107 Å². The fraction of sp³-hybridized carbons (Fsp3) is 0.100. The van der Waals surface area contributed by atoms with E-state index in [4.69, 9.17) is 9.97 Å². The molecule has 0 fully saturated rings. The van der Waals surface area contributed by atoms with E-state index in [2.05, 4.69) is 66.9 Å². The van der Waals surface area contributed by atoms with Crippen molar-refractivity contribution in [2.24, 2.45) is 0 Å². The van der Waals surface area contributed by atoms with Crippen LogP contribution in [0.5, 0.6) is 0 Å². The van der Waals surface area contributed by atoms with Gasteiger partial charge in [0.05, 0.1) is 27.8 Å². The van der Waals surface area contributed by atoms with Crippen molar-refractivity contribution in [1.82, 2.24) is 9.97 Å². The van der Waals surface area contributed by atoms with Gasteiger partial charge >= 0.3 is 0 Å². The first-order valence-electron chi connectivity index (χ1n) is 11.4. The lowest BCUT2D eigenvalue weighted by Crippen LogP contribution is -2.29. The molecular weight excluding hydrogens is 468 g/mol. The minimum Gasteiger partial charge on any atom is -0.287 e. The van der Waals surface area contributed by atoms with E-state index in [1.807, 2.05) is 36.4 Å². The number of fused-ring (bicyclic) bond motifs is 4. The molecule has 5 heteroatoms. The van der Waals surface area contributed by atoms with E-state index >= 15 is 0 Å². The second kappa shape index (κ2) is 8.67. The Labute approximate surface area is 213 Å². The second-order valence-corrected chi connectivity index (χ2v) is 10.7. The minimum atomic E-state index is -0.612. The summed E-state index contributed by atoms with van der Waals surface area (Å²) in [6.45, 7) is 1.59. The van der Waals surface area contributed by atoms with Crippen LogP contribution in [-0.4, -0.2) is 21.3 Å². The number of aromatic nitrogens is 2. The fourth-order valence-electron chi connectivity index (χ4n) is 5.12. The molecule has 3 nitrogen and oxygen atoms in total. The summed E-state index contributed by atoms with van der Waals surface area (Å²) in [5.41, 5.74) is 7.58. The Morgan fingerprint density at radius 2 is 1.29 bits per heavy atom. The molecule has 1 aromatic heterocycles. The summed E-state index contributed by atoms with van der Waals surface area (Å²) in [7, 11) is 0. The quantitative estimate of drug-likeness (QED) is 0.242. The molecule has 1 unspecified atom stereocenters. The lowest BCUT2D eigenvalue weighted by molar-refractivity contribution is -0.109. The average molecular weight is 491 g/mol. The zero-order valence-electron chi connectivity index (χ0n) is 19.4. The number of benzene rings is 4. The standard InChI is InChI=1S/C30H22N2OS2/c1-19(33)35-23-17-13-21(14-18-23)30(20-11-15-22(34-2)16-12-20)25-8-4-3-7-24(25)28-29(30)32-27-10-6-5-9-26(27)31-28/h3-18H,1-2H3. The number of thioether (sulfide) groups is 2. The van der Waals surface area contributed by atoms with Crippen molar-refractivity contribution in [2.45, 2.75) is 22.1 Å². The van der Waals surface area contributed by atoms with Gasteiger partial charge in [-0.25, -0.2) is 9.97 Å². The molecule has 35 heavy (non-hydrogen) atoms. The first kappa shape index (κ1) is 22.1. The average Bonchev–Trinajstić information content (AvgIpc) is 3.18. The predicted octanol–water partition coefficient (Wildman–Crippen LogP) is 7.35. The second-order valence-electron chi connectivity index (χ2n) is 8.55. The Bertz CT molecular complexity index is 1580. The number of hydrogen-bond donors (Lipinski definition) is 0. The smallest absolute Gasteiger partial charge is 0.190 e. The summed E-state index contributed by atoms with van der Waals surface area (Å²) in [6, 6.07) is 33.7. The number of carbonyl (C=O) groups is 1. The van der Waals surface area contributed by atoms with Gasteiger partial charge in [-0.1, -0.05) is 72.4 Å². The molecule has 1 heterocycles. The highest BCUT2D eigenvalue weighted by Crippen LogP contribution is 2.55. The molecule has 0 saturated heterocycles. The van der Waals surface area contributed by atoms with Gasteiger partial charge in [0.15, 0.2) is 5.12 Å². The highest BCUT2D eigenvalue weighted by atomic mass is 32.2. The summed E-state index contributed by atoms with van der Waals surface area (Å²) in [5.74, 6) is 0. The van der Waals surface area contributed by atoms with Gasteiger partial charge in [-0.3, -0.25) is 4.79 Å². The lowest BCUT2D eigenvalue weighted by Gasteiger charge is -2.32. The molecule has 0 saturated carbocycles. The summed E-state index contributed by atoms with van der Waals surface area (Å²) < 4.78 is 0. The number of rotatable bonds is 4. The molecule has 0 radical (unpaired) electrons. The van der Waals surface area contributed by atoms with Crippen molar-refractivity contribution < 1.29 is 4.79 Å². The number of hydrogen-bond acceptors (Lipinski definition) is 5. The van der Waals surface area contributed by atoms with Gasteiger partial charge in [0.25, 0.3) is 0 Å². The van der Waals surface area contributed by atoms with Gasteiger partial charge in [0.1, 0.15) is 0 Å². The third-order valence-corrected chi connectivity index (χ3v) is 8.12. The van der Waals surface area contributed by atoms with Crippen molar-refractivity contribution in [3.8, 4) is 11.3 Å². The van der Waals surface area contributed by atoms with Gasteiger partial charge in [-0.15, -0.1) is 11.8 Å². The van der Waals surface area contributed by atoms with Crippen LogP contribution < -0.4 is 0 Å². The van der Waals surface area contributed by atoms with Crippen LogP contribution in [0.3, 0.4) is 0 Å². The maximum Gasteiger partial charge on any atom is 0.190 e. The van der Waals surface area contributed by atoms with E-state index < -0.39 is 5.41 Å². The Balaban J connectivity index is 1.70. The molecule has 0 spiro atoms. The molecule has 5 aromatic rings. The Hall–Kier alpha value is -3.41. The first-order chi connectivity index (χ1) is 17.1. The molecule has 1 atom stereocenters. The van der Waals surface area contributed by atoms with Gasteiger partial charge in [0, 0.05) is 22.3 Å². The lowest BCUT2D eigenvalue weighted by atomic mass is 9.69. The van der Waals surface area contributed by atoms with E-state index in [0.717, 1.165) is 44.0 Å². The number of nitrogens with zero attached hydrogens (tertiary/aromatic N) is 2. The molecule has 170 valence electrons. The molecule has 4 aromatic carbocycles. The molecule has 0 aliphatic heterocycles. The van der Waals surface area contributed by atoms with Crippen LogP contribution in [0.4, 0.5) is 0 Å². The normalized spacial score (nSPS) is 16.2. The van der Waals surface area contributed by atoms with Crippen LogP contribution in [0.1, 0.15) is 29.3 Å². The highest BCUT2D eigenvalue weighted by molar-refractivity contribution is 8.13. The van der Waals surface area contributed by atoms with E-state index in [9.17, 15) is 4.79 Å². The zero-order chi connectivity index (χ0) is 24.0. The SMILES string of the molecule is CSc1ccc(C2(c3ccc(SC(C)=O)cc3)c3ccccc3-c3nc4ccccc4nc32)cc1. The van der Waals surface area contributed by atoms with Gasteiger partial charge in [0.2, 0.25) is 0 Å². The first-order valence-corrected chi connectivity index (χ1v) is 13.5. The largest absolute Gasteiger partial charge is 0.287 e. The Kier molecular flexibility index (Phi) is 5.47. The third-order valence-electron chi connectivity index (χ3n) is 6.58. The Morgan fingerprint density at radius 3 is 1.91 bits per heavy atom. The van der Waals surface area contributed by atoms with E-state index in [1.54, 1.807) is 18.7 Å². The number of carbonyl (C=O) groups excluding carboxylic acids is 1. The van der Waals surface area contributed by atoms with Crippen LogP contribution in [0.25, 0.3) is 22.3 Å². The fourth-order valence-corrected chi connectivity index (χ4v) is 6.14. The van der Waals surface area contributed by atoms with Crippen LogP contribution in [0.2, 0.25) is 0 Å². The third kappa shape index (κ3) is 3.49. The zero-order valence-corrected chi connectivity index (χ0v) is 21.0. The predicted molar refractivity (Wildman–Crippen MR) is 145 cm³/mol. The summed E-state index contributed by atoms with van der Waals surface area (Å²) in [4.78, 5) is 24.2. The van der Waals surface area contributed by atoms with Crippen molar-refractivity contribution >= 4 is 39.7 Å². The van der Waals surface area contributed by atoms with Gasteiger partial charge < -0.3 is 0 Å². The summed E-state index contributed by atoms with van der Waals surface area (Å²) >= 11 is 2.99. The maximum absolute atomic E-state index is 11.7. The highest BCUT2D eigenvalue weighted by Gasteiger charge is 2.48. The topological polar surface area (TPSA) is 42.9 Å². The van der Waals surface area contributed by atoms with Crippen LogP contribution in [-0.2, 0) is 10.2 Å².